The molecule has 0 radical (unpaired) electrons. The summed E-state index contributed by atoms with van der Waals surface area (Å²) in [6.07, 6.45) is 6.70. The van der Waals surface area contributed by atoms with Gasteiger partial charge in [-0.3, -0.25) is 5.43 Å². The molecular weight excluding hydrogens is 310 g/mol. The van der Waals surface area contributed by atoms with E-state index in [1.165, 1.54) is 25.7 Å². The summed E-state index contributed by atoms with van der Waals surface area (Å²) in [6, 6.07) is 6.03. The molecule has 0 saturated heterocycles. The summed E-state index contributed by atoms with van der Waals surface area (Å²) >= 11 is 5.32. The SMILES string of the molecule is COc1cc(/C=N\NC(=S)N[C@@H]2CCCC[C@@H]2C)cc(OC)c1. The molecule has 6 heteroatoms. The van der Waals surface area contributed by atoms with Crippen molar-refractivity contribution >= 4 is 23.5 Å². The number of ether oxygens (including phenoxy) is 2. The number of hydrogen-bond donors (Lipinski definition) is 2. The lowest BCUT2D eigenvalue weighted by Gasteiger charge is -2.30. The summed E-state index contributed by atoms with van der Waals surface area (Å²) < 4.78 is 10.5. The van der Waals surface area contributed by atoms with Gasteiger partial charge in [-0.25, -0.2) is 0 Å². The van der Waals surface area contributed by atoms with Crippen LogP contribution in [0.25, 0.3) is 0 Å². The Labute approximate surface area is 143 Å². The fourth-order valence-electron chi connectivity index (χ4n) is 2.80. The quantitative estimate of drug-likeness (QED) is 0.492. The summed E-state index contributed by atoms with van der Waals surface area (Å²) in [6.45, 7) is 2.27. The molecule has 1 saturated carbocycles. The van der Waals surface area contributed by atoms with E-state index in [2.05, 4.69) is 22.8 Å². The average molecular weight is 335 g/mol. The summed E-state index contributed by atoms with van der Waals surface area (Å²) in [7, 11) is 3.25. The highest BCUT2D eigenvalue weighted by Crippen LogP contribution is 2.23. The molecule has 0 heterocycles. The zero-order valence-electron chi connectivity index (χ0n) is 14.0. The highest BCUT2D eigenvalue weighted by atomic mass is 32.1. The van der Waals surface area contributed by atoms with Crippen LogP contribution in [0.15, 0.2) is 23.3 Å². The molecule has 2 rings (SSSR count). The minimum Gasteiger partial charge on any atom is -0.497 e. The number of hydrogen-bond acceptors (Lipinski definition) is 4. The maximum Gasteiger partial charge on any atom is 0.187 e. The van der Waals surface area contributed by atoms with E-state index >= 15 is 0 Å². The molecule has 1 aromatic carbocycles. The van der Waals surface area contributed by atoms with Gasteiger partial charge in [-0.15, -0.1) is 0 Å². The van der Waals surface area contributed by atoms with Crippen LogP contribution in [-0.4, -0.2) is 31.6 Å². The number of rotatable bonds is 5. The van der Waals surface area contributed by atoms with E-state index in [0.717, 1.165) is 17.1 Å². The third-order valence-corrected chi connectivity index (χ3v) is 4.39. The van der Waals surface area contributed by atoms with Crippen molar-refractivity contribution in [3.63, 3.8) is 0 Å². The van der Waals surface area contributed by atoms with Crippen LogP contribution in [-0.2, 0) is 0 Å². The van der Waals surface area contributed by atoms with Crippen LogP contribution in [0.3, 0.4) is 0 Å². The Balaban J connectivity index is 1.89. The second kappa shape index (κ2) is 8.72. The first-order valence-electron chi connectivity index (χ1n) is 7.95. The second-order valence-electron chi connectivity index (χ2n) is 5.86. The molecule has 0 unspecified atom stereocenters. The monoisotopic (exact) mass is 335 g/mol. The number of nitrogens with one attached hydrogen (secondary N) is 2. The molecule has 0 aromatic heterocycles. The molecule has 0 amide bonds. The van der Waals surface area contributed by atoms with Gasteiger partial charge in [0.2, 0.25) is 0 Å². The van der Waals surface area contributed by atoms with Crippen LogP contribution in [0.5, 0.6) is 11.5 Å². The first-order valence-corrected chi connectivity index (χ1v) is 8.36. The fourth-order valence-corrected chi connectivity index (χ4v) is 3.00. The summed E-state index contributed by atoms with van der Waals surface area (Å²) in [5.74, 6) is 2.10. The lowest BCUT2D eigenvalue weighted by atomic mass is 9.86. The molecule has 0 spiro atoms. The van der Waals surface area contributed by atoms with Crippen molar-refractivity contribution in [3.05, 3.63) is 23.8 Å². The van der Waals surface area contributed by atoms with Gasteiger partial charge in [0, 0.05) is 17.7 Å². The standard InChI is InChI=1S/C17H25N3O2S/c1-12-6-4-5-7-16(12)19-17(23)20-18-11-13-8-14(21-2)10-15(9-13)22-3/h8-12,16H,4-7H2,1-3H3,(H2,19,20,23)/b18-11-/t12-,16+/m0/s1. The predicted molar refractivity (Wildman–Crippen MR) is 97.4 cm³/mol. The zero-order valence-corrected chi connectivity index (χ0v) is 14.8. The molecule has 5 nitrogen and oxygen atoms in total. The van der Waals surface area contributed by atoms with Crippen LogP contribution in [0.4, 0.5) is 0 Å². The maximum atomic E-state index is 5.32. The molecule has 1 fully saturated rings. The van der Waals surface area contributed by atoms with E-state index in [9.17, 15) is 0 Å². The Kier molecular flexibility index (Phi) is 6.65. The van der Waals surface area contributed by atoms with E-state index in [4.69, 9.17) is 21.7 Å². The average Bonchev–Trinajstić information content (AvgIpc) is 2.56. The van der Waals surface area contributed by atoms with E-state index < -0.39 is 0 Å². The molecular formula is C17H25N3O2S. The van der Waals surface area contributed by atoms with E-state index in [1.807, 2.05) is 18.2 Å². The molecule has 1 aliphatic carbocycles. The Morgan fingerprint density at radius 2 is 1.83 bits per heavy atom. The molecule has 1 aromatic rings. The Hall–Kier alpha value is -1.82. The number of nitrogens with zero attached hydrogens (tertiary/aromatic N) is 1. The van der Waals surface area contributed by atoms with Crippen molar-refractivity contribution in [2.75, 3.05) is 14.2 Å². The van der Waals surface area contributed by atoms with Crippen LogP contribution >= 0.6 is 12.2 Å². The maximum absolute atomic E-state index is 5.32. The number of hydrazone groups is 1. The number of thiocarbonyl (C=S) groups is 1. The van der Waals surface area contributed by atoms with Crippen LogP contribution in [0.2, 0.25) is 0 Å². The van der Waals surface area contributed by atoms with Crippen molar-refractivity contribution < 1.29 is 9.47 Å². The molecule has 0 bridgehead atoms. The van der Waals surface area contributed by atoms with Crippen LogP contribution in [0, 0.1) is 5.92 Å². The van der Waals surface area contributed by atoms with E-state index in [1.54, 1.807) is 20.4 Å². The van der Waals surface area contributed by atoms with Crippen molar-refractivity contribution in [1.29, 1.82) is 0 Å². The van der Waals surface area contributed by atoms with Gasteiger partial charge >= 0.3 is 0 Å². The summed E-state index contributed by atoms with van der Waals surface area (Å²) in [4.78, 5) is 0. The minimum atomic E-state index is 0.441. The van der Waals surface area contributed by atoms with Crippen molar-refractivity contribution in [2.24, 2.45) is 11.0 Å². The predicted octanol–water partition coefficient (Wildman–Crippen LogP) is 3.08. The highest BCUT2D eigenvalue weighted by Gasteiger charge is 2.21. The fraction of sp³-hybridized carbons (Fsp3) is 0.529. The Morgan fingerprint density at radius 3 is 2.43 bits per heavy atom. The van der Waals surface area contributed by atoms with Gasteiger partial charge in [0.1, 0.15) is 11.5 Å². The lowest BCUT2D eigenvalue weighted by Crippen LogP contribution is -2.44. The second-order valence-corrected chi connectivity index (χ2v) is 6.27. The van der Waals surface area contributed by atoms with Gasteiger partial charge in [-0.2, -0.15) is 5.10 Å². The van der Waals surface area contributed by atoms with Crippen LogP contribution < -0.4 is 20.2 Å². The van der Waals surface area contributed by atoms with Gasteiger partial charge in [0.05, 0.1) is 20.4 Å². The molecule has 126 valence electrons. The van der Waals surface area contributed by atoms with Crippen molar-refractivity contribution in [1.82, 2.24) is 10.7 Å². The van der Waals surface area contributed by atoms with E-state index in [0.29, 0.717) is 17.1 Å². The molecule has 1 aliphatic rings. The minimum absolute atomic E-state index is 0.441. The Bertz CT molecular complexity index is 541. The van der Waals surface area contributed by atoms with Gasteiger partial charge in [0.15, 0.2) is 5.11 Å². The van der Waals surface area contributed by atoms with Gasteiger partial charge < -0.3 is 14.8 Å². The zero-order chi connectivity index (χ0) is 16.7. The number of benzene rings is 1. The van der Waals surface area contributed by atoms with Crippen molar-refractivity contribution in [3.8, 4) is 11.5 Å². The Morgan fingerprint density at radius 1 is 1.17 bits per heavy atom. The molecule has 2 N–H and O–H groups in total. The normalized spacial score (nSPS) is 21.0. The largest absolute Gasteiger partial charge is 0.497 e. The molecule has 0 aliphatic heterocycles. The molecule has 23 heavy (non-hydrogen) atoms. The van der Waals surface area contributed by atoms with Gasteiger partial charge in [-0.05, 0) is 43.1 Å². The highest BCUT2D eigenvalue weighted by molar-refractivity contribution is 7.80. The summed E-state index contributed by atoms with van der Waals surface area (Å²) in [5.41, 5.74) is 3.76. The third-order valence-electron chi connectivity index (χ3n) is 4.18. The first kappa shape index (κ1) is 17.5. The summed E-state index contributed by atoms with van der Waals surface area (Å²) in [5, 5.41) is 8.11. The lowest BCUT2D eigenvalue weighted by molar-refractivity contribution is 0.308. The topological polar surface area (TPSA) is 54.9 Å². The van der Waals surface area contributed by atoms with E-state index in [-0.39, 0.29) is 0 Å². The van der Waals surface area contributed by atoms with Gasteiger partial charge in [0.25, 0.3) is 0 Å². The molecule has 2 atom stereocenters. The smallest absolute Gasteiger partial charge is 0.187 e. The number of methoxy groups -OCH3 is 2. The third kappa shape index (κ3) is 5.39. The van der Waals surface area contributed by atoms with Crippen LogP contribution in [0.1, 0.15) is 38.2 Å². The first-order chi connectivity index (χ1) is 11.1. The van der Waals surface area contributed by atoms with Crippen molar-refractivity contribution in [2.45, 2.75) is 38.6 Å². The van der Waals surface area contributed by atoms with Gasteiger partial charge in [-0.1, -0.05) is 19.8 Å².